The molecule has 3 N–H and O–H groups in total. The van der Waals surface area contributed by atoms with Crippen LogP contribution in [0.25, 0.3) is 0 Å². The molecule has 0 aliphatic carbocycles. The molecule has 2 rings (SSSR count). The minimum absolute atomic E-state index is 0.0164. The van der Waals surface area contributed by atoms with Crippen molar-refractivity contribution >= 4 is 11.9 Å². The summed E-state index contributed by atoms with van der Waals surface area (Å²) in [6.07, 6.45) is 9.05. The van der Waals surface area contributed by atoms with E-state index in [0.717, 1.165) is 18.4 Å². The van der Waals surface area contributed by atoms with Crippen LogP contribution in [0.1, 0.15) is 60.3 Å². The SMILES string of the molecule is C=C1C[C@@H](CC(=O)O)O[C@H](/C=C/C(C)=C/C[C@@H]2O[C@H](C)[C@H](NC(=O)/C=C\C(C)C)C[C@@H]2C)[C@@H]1O. The molecule has 2 saturated heterocycles. The van der Waals surface area contributed by atoms with Gasteiger partial charge in [0.2, 0.25) is 5.91 Å². The molecular formula is C27H41NO6. The van der Waals surface area contributed by atoms with E-state index in [1.165, 1.54) is 0 Å². The molecule has 0 spiro atoms. The molecule has 0 radical (unpaired) electrons. The molecule has 190 valence electrons. The van der Waals surface area contributed by atoms with E-state index in [1.54, 1.807) is 12.2 Å². The van der Waals surface area contributed by atoms with E-state index in [-0.39, 0.29) is 36.5 Å². The van der Waals surface area contributed by atoms with Gasteiger partial charge in [0.15, 0.2) is 0 Å². The molecule has 7 nitrogen and oxygen atoms in total. The Balaban J connectivity index is 1.90. The third-order valence-corrected chi connectivity index (χ3v) is 6.37. The highest BCUT2D eigenvalue weighted by atomic mass is 16.5. The van der Waals surface area contributed by atoms with Crippen molar-refractivity contribution < 1.29 is 29.3 Å². The maximum Gasteiger partial charge on any atom is 0.305 e. The summed E-state index contributed by atoms with van der Waals surface area (Å²) < 4.78 is 12.0. The van der Waals surface area contributed by atoms with Gasteiger partial charge < -0.3 is 25.0 Å². The number of hydrogen-bond donors (Lipinski definition) is 3. The quantitative estimate of drug-likeness (QED) is 0.265. The van der Waals surface area contributed by atoms with Gasteiger partial charge in [0, 0.05) is 0 Å². The Kier molecular flexibility index (Phi) is 10.7. The average molecular weight is 476 g/mol. The fraction of sp³-hybridized carbons (Fsp3) is 0.630. The second-order valence-corrected chi connectivity index (χ2v) is 9.98. The fourth-order valence-electron chi connectivity index (χ4n) is 4.30. The molecule has 2 aliphatic rings. The summed E-state index contributed by atoms with van der Waals surface area (Å²) in [7, 11) is 0. The highest BCUT2D eigenvalue weighted by molar-refractivity contribution is 5.87. The van der Waals surface area contributed by atoms with Crippen LogP contribution in [0.15, 0.2) is 48.1 Å². The number of carbonyl (C=O) groups is 2. The number of nitrogens with one attached hydrogen (secondary N) is 1. The third kappa shape index (κ3) is 8.85. The van der Waals surface area contributed by atoms with Gasteiger partial charge >= 0.3 is 5.97 Å². The second kappa shape index (κ2) is 13.0. The molecule has 0 aromatic rings. The molecule has 34 heavy (non-hydrogen) atoms. The smallest absolute Gasteiger partial charge is 0.305 e. The van der Waals surface area contributed by atoms with Crippen molar-refractivity contribution in [3.8, 4) is 0 Å². The zero-order valence-electron chi connectivity index (χ0n) is 21.1. The highest BCUT2D eigenvalue weighted by Gasteiger charge is 2.34. The van der Waals surface area contributed by atoms with Crippen LogP contribution in [0.2, 0.25) is 0 Å². The summed E-state index contributed by atoms with van der Waals surface area (Å²) in [4.78, 5) is 23.2. The molecule has 2 heterocycles. The van der Waals surface area contributed by atoms with Gasteiger partial charge in [-0.1, -0.05) is 57.2 Å². The van der Waals surface area contributed by atoms with E-state index in [0.29, 0.717) is 17.9 Å². The molecule has 0 unspecified atom stereocenters. The maximum absolute atomic E-state index is 12.2. The standard InChI is InChI=1S/C27H41NO6/c1-16(2)7-12-25(29)28-22-14-18(4)23(33-20(22)6)10-8-17(3)9-11-24-27(32)19(5)13-21(34-24)15-26(30)31/h7-9,11-12,16,18,20-24,27,32H,5,10,13-15H2,1-4,6H3,(H,28,29)(H,30,31)/b11-9+,12-7-,17-8+/t18-,20+,21-,22+,23-,24+,27+/m0/s1. The van der Waals surface area contributed by atoms with Gasteiger partial charge in [0.05, 0.1) is 30.8 Å². The summed E-state index contributed by atoms with van der Waals surface area (Å²) in [5, 5.41) is 22.4. The zero-order valence-corrected chi connectivity index (χ0v) is 21.1. The maximum atomic E-state index is 12.2. The third-order valence-electron chi connectivity index (χ3n) is 6.37. The van der Waals surface area contributed by atoms with Crippen molar-refractivity contribution in [3.63, 3.8) is 0 Å². The van der Waals surface area contributed by atoms with Gasteiger partial charge in [0.25, 0.3) is 0 Å². The number of carboxylic acids is 1. The summed E-state index contributed by atoms with van der Waals surface area (Å²) >= 11 is 0. The Morgan fingerprint density at radius 3 is 2.59 bits per heavy atom. The van der Waals surface area contributed by atoms with Crippen LogP contribution in [-0.4, -0.2) is 58.7 Å². The highest BCUT2D eigenvalue weighted by Crippen LogP contribution is 2.29. The molecule has 2 aliphatic heterocycles. The van der Waals surface area contributed by atoms with E-state index >= 15 is 0 Å². The lowest BCUT2D eigenvalue weighted by molar-refractivity contribution is -0.143. The summed E-state index contributed by atoms with van der Waals surface area (Å²) in [6, 6.07) is -0.0164. The summed E-state index contributed by atoms with van der Waals surface area (Å²) in [5.74, 6) is -0.401. The normalized spacial score (nSPS) is 33.1. The summed E-state index contributed by atoms with van der Waals surface area (Å²) in [6.45, 7) is 14.0. The topological polar surface area (TPSA) is 105 Å². The predicted molar refractivity (Wildman–Crippen MR) is 132 cm³/mol. The van der Waals surface area contributed by atoms with Crippen LogP contribution < -0.4 is 5.32 Å². The lowest BCUT2D eigenvalue weighted by Crippen LogP contribution is -2.50. The van der Waals surface area contributed by atoms with Gasteiger partial charge in [-0.05, 0) is 56.6 Å². The first kappa shape index (κ1) is 28.0. The Hall–Kier alpha value is -2.22. The number of carbonyl (C=O) groups excluding carboxylic acids is 1. The zero-order chi connectivity index (χ0) is 25.4. The Labute approximate surface area is 203 Å². The van der Waals surface area contributed by atoms with Gasteiger partial charge in [-0.2, -0.15) is 0 Å². The van der Waals surface area contributed by atoms with Crippen LogP contribution in [-0.2, 0) is 19.1 Å². The van der Waals surface area contributed by atoms with E-state index in [2.05, 4.69) is 24.9 Å². The lowest BCUT2D eigenvalue weighted by Gasteiger charge is -2.39. The number of amides is 1. The van der Waals surface area contributed by atoms with Crippen molar-refractivity contribution in [3.05, 3.63) is 48.1 Å². The number of allylic oxidation sites excluding steroid dienone is 3. The van der Waals surface area contributed by atoms with Gasteiger partial charge in [-0.25, -0.2) is 0 Å². The molecular weight excluding hydrogens is 434 g/mol. The Morgan fingerprint density at radius 1 is 1.24 bits per heavy atom. The van der Waals surface area contributed by atoms with Crippen LogP contribution in [0.4, 0.5) is 0 Å². The van der Waals surface area contributed by atoms with Crippen LogP contribution in [0.5, 0.6) is 0 Å². The minimum atomic E-state index is -0.933. The van der Waals surface area contributed by atoms with Crippen LogP contribution in [0, 0.1) is 11.8 Å². The number of aliphatic carboxylic acids is 1. The number of ether oxygens (including phenoxy) is 2. The number of aliphatic hydroxyl groups excluding tert-OH is 1. The second-order valence-electron chi connectivity index (χ2n) is 9.98. The van der Waals surface area contributed by atoms with Gasteiger partial charge in [-0.3, -0.25) is 9.59 Å². The summed E-state index contributed by atoms with van der Waals surface area (Å²) in [5.41, 5.74) is 1.59. The van der Waals surface area contributed by atoms with Gasteiger partial charge in [-0.15, -0.1) is 0 Å². The number of hydrogen-bond acceptors (Lipinski definition) is 5. The Bertz CT molecular complexity index is 814. The average Bonchev–Trinajstić information content (AvgIpc) is 2.74. The van der Waals surface area contributed by atoms with Gasteiger partial charge in [0.1, 0.15) is 12.2 Å². The first-order valence-electron chi connectivity index (χ1n) is 12.2. The van der Waals surface area contributed by atoms with Crippen molar-refractivity contribution in [1.29, 1.82) is 0 Å². The van der Waals surface area contributed by atoms with E-state index in [1.807, 2.05) is 39.8 Å². The van der Waals surface area contributed by atoms with Crippen molar-refractivity contribution in [1.82, 2.24) is 5.32 Å². The fourth-order valence-corrected chi connectivity index (χ4v) is 4.30. The van der Waals surface area contributed by atoms with E-state index in [4.69, 9.17) is 14.6 Å². The first-order valence-corrected chi connectivity index (χ1v) is 12.2. The van der Waals surface area contributed by atoms with Crippen molar-refractivity contribution in [2.24, 2.45) is 11.8 Å². The van der Waals surface area contributed by atoms with Crippen molar-refractivity contribution in [2.45, 2.75) is 96.9 Å². The number of rotatable bonds is 9. The predicted octanol–water partition coefficient (Wildman–Crippen LogP) is 3.94. The first-order chi connectivity index (χ1) is 16.0. The largest absolute Gasteiger partial charge is 0.481 e. The Morgan fingerprint density at radius 2 is 1.94 bits per heavy atom. The van der Waals surface area contributed by atoms with E-state index in [9.17, 15) is 14.7 Å². The minimum Gasteiger partial charge on any atom is -0.481 e. The van der Waals surface area contributed by atoms with Crippen LogP contribution >= 0.6 is 0 Å². The number of aliphatic hydroxyl groups is 1. The van der Waals surface area contributed by atoms with E-state index < -0.39 is 24.3 Å². The lowest BCUT2D eigenvalue weighted by atomic mass is 9.88. The molecule has 7 atom stereocenters. The molecule has 0 bridgehead atoms. The van der Waals surface area contributed by atoms with Crippen molar-refractivity contribution in [2.75, 3.05) is 0 Å². The number of carboxylic acid groups (broad SMARTS) is 1. The van der Waals surface area contributed by atoms with Crippen LogP contribution in [0.3, 0.4) is 0 Å². The molecule has 0 saturated carbocycles. The monoisotopic (exact) mass is 475 g/mol. The molecule has 2 fully saturated rings. The molecule has 0 aromatic carbocycles. The molecule has 7 heteroatoms. The molecule has 0 aromatic heterocycles. The molecule has 1 amide bonds.